The maximum Gasteiger partial charge on any atom is 0.508 e. The number of likely N-dealkylation sites (tertiary alicyclic amines) is 1. The maximum absolute atomic E-state index is 11.9. The second-order valence-electron chi connectivity index (χ2n) is 6.03. The number of ketones is 1. The molecular weight excluding hydrogens is 334 g/mol. The van der Waals surface area contributed by atoms with Crippen molar-refractivity contribution < 1.29 is 23.8 Å². The number of piperidine rings is 1. The minimum Gasteiger partial charge on any atom is -0.493 e. The normalized spacial score (nSPS) is 23.5. The average molecular weight is 356 g/mol. The van der Waals surface area contributed by atoms with E-state index in [9.17, 15) is 9.59 Å². The molecule has 2 aliphatic rings. The molecule has 2 aliphatic heterocycles. The van der Waals surface area contributed by atoms with E-state index in [-0.39, 0.29) is 18.2 Å². The Kier molecular flexibility index (Phi) is 6.45. The standard InChI is InChI=1S/C17H21NO5.ClH/c1-21-17(20)23-16-10-18(7-6-14(16)19)9-12-8-13-4-2-3-5-15(13)22-11-12;/h2-5,12,16H,6-11H2,1H3;1H. The maximum atomic E-state index is 11.9. The fourth-order valence-corrected chi connectivity index (χ4v) is 3.16. The van der Waals surface area contributed by atoms with Crippen molar-refractivity contribution in [2.45, 2.75) is 18.9 Å². The van der Waals surface area contributed by atoms with Gasteiger partial charge < -0.3 is 14.2 Å². The lowest BCUT2D eigenvalue weighted by Gasteiger charge is -2.35. The molecule has 1 fully saturated rings. The summed E-state index contributed by atoms with van der Waals surface area (Å²) in [5, 5.41) is 0. The van der Waals surface area contributed by atoms with Crippen LogP contribution in [0, 0.1) is 5.92 Å². The summed E-state index contributed by atoms with van der Waals surface area (Å²) in [4.78, 5) is 25.3. The first kappa shape index (κ1) is 18.5. The molecule has 0 spiro atoms. The van der Waals surface area contributed by atoms with Crippen LogP contribution >= 0.6 is 12.4 Å². The van der Waals surface area contributed by atoms with Gasteiger partial charge in [-0.25, -0.2) is 4.79 Å². The van der Waals surface area contributed by atoms with E-state index < -0.39 is 12.3 Å². The molecule has 0 amide bonds. The SMILES string of the molecule is COC(=O)OC1CN(CC2COc3ccccc3C2)CCC1=O.Cl. The molecule has 1 aromatic carbocycles. The van der Waals surface area contributed by atoms with Crippen LogP contribution in [0.3, 0.4) is 0 Å². The van der Waals surface area contributed by atoms with Crippen molar-refractivity contribution in [2.24, 2.45) is 5.92 Å². The Hall–Kier alpha value is -1.79. The molecule has 0 saturated carbocycles. The van der Waals surface area contributed by atoms with Gasteiger partial charge in [0.05, 0.1) is 13.7 Å². The Balaban J connectivity index is 0.00000208. The van der Waals surface area contributed by atoms with Crippen LogP contribution in [0.2, 0.25) is 0 Å². The molecular formula is C17H22ClNO5. The highest BCUT2D eigenvalue weighted by Crippen LogP contribution is 2.27. The first-order valence-corrected chi connectivity index (χ1v) is 7.86. The average Bonchev–Trinajstić information content (AvgIpc) is 2.57. The van der Waals surface area contributed by atoms with E-state index in [4.69, 9.17) is 9.47 Å². The molecule has 0 aromatic heterocycles. The predicted molar refractivity (Wildman–Crippen MR) is 89.7 cm³/mol. The zero-order chi connectivity index (χ0) is 16.2. The molecule has 7 heteroatoms. The van der Waals surface area contributed by atoms with Crippen molar-refractivity contribution in [3.05, 3.63) is 29.8 Å². The number of fused-ring (bicyclic) bond motifs is 1. The molecule has 3 rings (SSSR count). The Bertz CT molecular complexity index is 594. The highest BCUT2D eigenvalue weighted by molar-refractivity contribution is 5.86. The van der Waals surface area contributed by atoms with Gasteiger partial charge in [0, 0.05) is 32.0 Å². The predicted octanol–water partition coefficient (Wildman–Crippen LogP) is 2.09. The summed E-state index contributed by atoms with van der Waals surface area (Å²) in [5.41, 5.74) is 1.22. The third-order valence-electron chi connectivity index (χ3n) is 4.33. The van der Waals surface area contributed by atoms with Crippen molar-refractivity contribution in [2.75, 3.05) is 33.4 Å². The van der Waals surface area contributed by atoms with Gasteiger partial charge in [-0.05, 0) is 18.1 Å². The zero-order valence-electron chi connectivity index (χ0n) is 13.6. The highest BCUT2D eigenvalue weighted by Gasteiger charge is 2.32. The number of rotatable bonds is 3. The van der Waals surface area contributed by atoms with E-state index in [1.807, 2.05) is 18.2 Å². The number of ether oxygens (including phenoxy) is 3. The van der Waals surface area contributed by atoms with Gasteiger partial charge in [-0.15, -0.1) is 12.4 Å². The van der Waals surface area contributed by atoms with E-state index >= 15 is 0 Å². The molecule has 2 heterocycles. The number of Topliss-reactive ketones (excluding diaryl/α,β-unsaturated/α-hetero) is 1. The minimum absolute atomic E-state index is 0. The van der Waals surface area contributed by atoms with Gasteiger partial charge in [0.2, 0.25) is 0 Å². The van der Waals surface area contributed by atoms with Gasteiger partial charge in [-0.2, -0.15) is 0 Å². The lowest BCUT2D eigenvalue weighted by atomic mass is 9.95. The van der Waals surface area contributed by atoms with E-state index in [0.29, 0.717) is 32.0 Å². The molecule has 132 valence electrons. The van der Waals surface area contributed by atoms with Gasteiger partial charge in [0.1, 0.15) is 5.75 Å². The van der Waals surface area contributed by atoms with Crippen LogP contribution in [-0.2, 0) is 20.7 Å². The fraction of sp³-hybridized carbons (Fsp3) is 0.529. The zero-order valence-corrected chi connectivity index (χ0v) is 14.4. The molecule has 1 saturated heterocycles. The molecule has 24 heavy (non-hydrogen) atoms. The number of hydrogen-bond acceptors (Lipinski definition) is 6. The first-order valence-electron chi connectivity index (χ1n) is 7.86. The molecule has 0 N–H and O–H groups in total. The van der Waals surface area contributed by atoms with E-state index in [1.54, 1.807) is 0 Å². The molecule has 0 aliphatic carbocycles. The first-order chi connectivity index (χ1) is 11.2. The van der Waals surface area contributed by atoms with Gasteiger partial charge >= 0.3 is 6.16 Å². The van der Waals surface area contributed by atoms with Crippen LogP contribution in [0.4, 0.5) is 4.79 Å². The van der Waals surface area contributed by atoms with Crippen LogP contribution < -0.4 is 4.74 Å². The number of methoxy groups -OCH3 is 1. The third kappa shape index (κ3) is 4.39. The highest BCUT2D eigenvalue weighted by atomic mass is 35.5. The summed E-state index contributed by atoms with van der Waals surface area (Å²) in [5.74, 6) is 1.29. The quantitative estimate of drug-likeness (QED) is 0.773. The van der Waals surface area contributed by atoms with Crippen molar-refractivity contribution in [1.29, 1.82) is 0 Å². The lowest BCUT2D eigenvalue weighted by molar-refractivity contribution is -0.133. The number of nitrogens with zero attached hydrogens (tertiary/aromatic N) is 1. The monoisotopic (exact) mass is 355 g/mol. The number of hydrogen-bond donors (Lipinski definition) is 0. The second-order valence-corrected chi connectivity index (χ2v) is 6.03. The van der Waals surface area contributed by atoms with Crippen molar-refractivity contribution in [1.82, 2.24) is 4.90 Å². The van der Waals surface area contributed by atoms with Crippen LogP contribution in [0.5, 0.6) is 5.75 Å². The summed E-state index contributed by atoms with van der Waals surface area (Å²) in [6.45, 7) is 2.61. The number of para-hydroxylation sites is 1. The summed E-state index contributed by atoms with van der Waals surface area (Å²) in [7, 11) is 1.24. The topological polar surface area (TPSA) is 65.1 Å². The number of benzene rings is 1. The molecule has 2 atom stereocenters. The summed E-state index contributed by atoms with van der Waals surface area (Å²) in [6, 6.07) is 8.07. The van der Waals surface area contributed by atoms with Crippen molar-refractivity contribution in [3.63, 3.8) is 0 Å². The number of carbonyl (C=O) groups excluding carboxylic acids is 2. The molecule has 1 aromatic rings. The second kappa shape index (κ2) is 8.35. The summed E-state index contributed by atoms with van der Waals surface area (Å²) in [6.07, 6.45) is -0.178. The summed E-state index contributed by atoms with van der Waals surface area (Å²) >= 11 is 0. The minimum atomic E-state index is -0.805. The molecule has 0 bridgehead atoms. The number of carbonyl (C=O) groups is 2. The Labute approximate surface area is 147 Å². The fourth-order valence-electron chi connectivity index (χ4n) is 3.16. The van der Waals surface area contributed by atoms with Crippen LogP contribution in [-0.4, -0.2) is 56.3 Å². The van der Waals surface area contributed by atoms with Crippen molar-refractivity contribution >= 4 is 24.3 Å². The van der Waals surface area contributed by atoms with E-state index in [2.05, 4.69) is 15.7 Å². The van der Waals surface area contributed by atoms with Crippen LogP contribution in [0.15, 0.2) is 24.3 Å². The molecule has 2 unspecified atom stereocenters. The Morgan fingerprint density at radius 3 is 2.96 bits per heavy atom. The van der Waals surface area contributed by atoms with E-state index in [0.717, 1.165) is 18.7 Å². The van der Waals surface area contributed by atoms with Gasteiger partial charge in [0.15, 0.2) is 11.9 Å². The van der Waals surface area contributed by atoms with E-state index in [1.165, 1.54) is 12.7 Å². The van der Waals surface area contributed by atoms with Gasteiger partial charge in [-0.1, -0.05) is 18.2 Å². The number of halogens is 1. The Morgan fingerprint density at radius 1 is 1.38 bits per heavy atom. The van der Waals surface area contributed by atoms with Gasteiger partial charge in [0.25, 0.3) is 0 Å². The Morgan fingerprint density at radius 2 is 2.17 bits per heavy atom. The lowest BCUT2D eigenvalue weighted by Crippen LogP contribution is -2.48. The summed E-state index contributed by atoms with van der Waals surface area (Å²) < 4.78 is 15.3. The largest absolute Gasteiger partial charge is 0.508 e. The van der Waals surface area contributed by atoms with Gasteiger partial charge in [-0.3, -0.25) is 9.69 Å². The molecule has 6 nitrogen and oxygen atoms in total. The molecule has 0 radical (unpaired) electrons. The van der Waals surface area contributed by atoms with Crippen LogP contribution in [0.25, 0.3) is 0 Å². The smallest absolute Gasteiger partial charge is 0.493 e. The third-order valence-corrected chi connectivity index (χ3v) is 4.33. The van der Waals surface area contributed by atoms with Crippen molar-refractivity contribution in [3.8, 4) is 5.75 Å². The van der Waals surface area contributed by atoms with Crippen LogP contribution in [0.1, 0.15) is 12.0 Å².